The van der Waals surface area contributed by atoms with E-state index in [2.05, 4.69) is 5.16 Å². The average molecular weight is 259 g/mol. The molecule has 0 fully saturated rings. The molecule has 0 spiro atoms. The van der Waals surface area contributed by atoms with Gasteiger partial charge in [-0.15, -0.1) is 0 Å². The van der Waals surface area contributed by atoms with E-state index in [0.29, 0.717) is 0 Å². The van der Waals surface area contributed by atoms with Gasteiger partial charge in [-0.05, 0) is 33.3 Å². The highest BCUT2D eigenvalue weighted by molar-refractivity contribution is 6.00. The Morgan fingerprint density at radius 3 is 2.39 bits per heavy atom. The number of alkyl halides is 3. The monoisotopic (exact) mass is 259 g/mol. The van der Waals surface area contributed by atoms with Crippen molar-refractivity contribution in [2.45, 2.75) is 40.0 Å². The summed E-state index contributed by atoms with van der Waals surface area (Å²) in [4.78, 5) is 4.99. The molecule has 0 aromatic heterocycles. The number of hydrogen-bond donors (Lipinski definition) is 0. The van der Waals surface area contributed by atoms with Crippen LogP contribution >= 0.6 is 0 Å². The van der Waals surface area contributed by atoms with Crippen molar-refractivity contribution in [3.63, 3.8) is 0 Å². The van der Waals surface area contributed by atoms with Crippen molar-refractivity contribution in [3.05, 3.63) is 34.9 Å². The molecule has 100 valence electrons. The third-order valence-electron chi connectivity index (χ3n) is 2.35. The van der Waals surface area contributed by atoms with E-state index >= 15 is 0 Å². The van der Waals surface area contributed by atoms with Crippen LogP contribution in [0.5, 0.6) is 0 Å². The van der Waals surface area contributed by atoms with Gasteiger partial charge < -0.3 is 4.84 Å². The number of nitrogens with zero attached hydrogens (tertiary/aromatic N) is 1. The number of hydrogen-bond acceptors (Lipinski definition) is 2. The summed E-state index contributed by atoms with van der Waals surface area (Å²) in [5.74, 6) is 0. The van der Waals surface area contributed by atoms with Gasteiger partial charge in [0.2, 0.25) is 0 Å². The summed E-state index contributed by atoms with van der Waals surface area (Å²) in [6.07, 6.45) is -4.56. The fourth-order valence-electron chi connectivity index (χ4n) is 1.58. The lowest BCUT2D eigenvalue weighted by Crippen LogP contribution is -2.14. The van der Waals surface area contributed by atoms with Gasteiger partial charge in [0, 0.05) is 5.56 Å². The molecule has 1 aromatic carbocycles. The van der Waals surface area contributed by atoms with Crippen LogP contribution in [0, 0.1) is 6.92 Å². The maximum Gasteiger partial charge on any atom is 0.417 e. The van der Waals surface area contributed by atoms with Crippen molar-refractivity contribution < 1.29 is 18.0 Å². The van der Waals surface area contributed by atoms with Crippen LogP contribution in [-0.4, -0.2) is 11.8 Å². The van der Waals surface area contributed by atoms with Crippen molar-refractivity contribution in [1.29, 1.82) is 0 Å². The SMILES string of the molecule is C/C(=N\OC(C)C)c1cccc(C)c1C(F)(F)F. The van der Waals surface area contributed by atoms with Crippen LogP contribution in [-0.2, 0) is 11.0 Å². The minimum absolute atomic E-state index is 0.0585. The summed E-state index contributed by atoms with van der Waals surface area (Å²) in [7, 11) is 0. The second-order valence-corrected chi connectivity index (χ2v) is 4.33. The predicted molar refractivity (Wildman–Crippen MR) is 64.6 cm³/mol. The quantitative estimate of drug-likeness (QED) is 0.590. The van der Waals surface area contributed by atoms with Gasteiger partial charge in [-0.1, -0.05) is 23.4 Å². The lowest BCUT2D eigenvalue weighted by Gasteiger charge is -2.15. The Kier molecular flexibility index (Phi) is 4.38. The maximum absolute atomic E-state index is 13.0. The van der Waals surface area contributed by atoms with E-state index in [0.717, 1.165) is 0 Å². The third-order valence-corrected chi connectivity index (χ3v) is 2.35. The molecule has 0 aliphatic heterocycles. The number of rotatable bonds is 3. The predicted octanol–water partition coefficient (Wildman–Crippen LogP) is 4.16. The van der Waals surface area contributed by atoms with Gasteiger partial charge in [-0.3, -0.25) is 0 Å². The molecule has 0 radical (unpaired) electrons. The van der Waals surface area contributed by atoms with Crippen LogP contribution in [0.1, 0.15) is 37.5 Å². The van der Waals surface area contributed by atoms with Crippen molar-refractivity contribution >= 4 is 5.71 Å². The summed E-state index contributed by atoms with van der Waals surface area (Å²) in [5.41, 5.74) is -0.194. The Morgan fingerprint density at radius 2 is 1.89 bits per heavy atom. The highest BCUT2D eigenvalue weighted by Crippen LogP contribution is 2.34. The summed E-state index contributed by atoms with van der Waals surface area (Å²) in [6.45, 7) is 6.46. The van der Waals surface area contributed by atoms with E-state index in [1.165, 1.54) is 26.0 Å². The van der Waals surface area contributed by atoms with E-state index in [-0.39, 0.29) is 22.9 Å². The number of halogens is 3. The topological polar surface area (TPSA) is 21.6 Å². The van der Waals surface area contributed by atoms with Crippen molar-refractivity contribution in [1.82, 2.24) is 0 Å². The fourth-order valence-corrected chi connectivity index (χ4v) is 1.58. The van der Waals surface area contributed by atoms with Gasteiger partial charge in [0.15, 0.2) is 0 Å². The van der Waals surface area contributed by atoms with E-state index in [1.54, 1.807) is 19.9 Å². The largest absolute Gasteiger partial charge is 0.417 e. The highest BCUT2D eigenvalue weighted by atomic mass is 19.4. The van der Waals surface area contributed by atoms with Gasteiger partial charge in [-0.25, -0.2) is 0 Å². The summed E-state index contributed by atoms with van der Waals surface area (Å²) in [5, 5.41) is 3.73. The first-order chi connectivity index (χ1) is 8.23. The molecule has 0 unspecified atom stereocenters. The standard InChI is InChI=1S/C13H16F3NO/c1-8(2)18-17-10(4)11-7-5-6-9(3)12(11)13(14,15)16/h5-8H,1-4H3/b17-10+. The van der Waals surface area contributed by atoms with Crippen LogP contribution in [0.3, 0.4) is 0 Å². The Morgan fingerprint density at radius 1 is 1.28 bits per heavy atom. The van der Waals surface area contributed by atoms with Crippen LogP contribution in [0.15, 0.2) is 23.4 Å². The Labute approximate surface area is 104 Å². The lowest BCUT2D eigenvalue weighted by molar-refractivity contribution is -0.138. The molecule has 0 saturated carbocycles. The van der Waals surface area contributed by atoms with Crippen LogP contribution < -0.4 is 0 Å². The Balaban J connectivity index is 3.25. The molecule has 0 saturated heterocycles. The Bertz CT molecular complexity index is 450. The molecular weight excluding hydrogens is 243 g/mol. The fraction of sp³-hybridized carbons (Fsp3) is 0.462. The maximum atomic E-state index is 13.0. The molecule has 1 aromatic rings. The van der Waals surface area contributed by atoms with E-state index in [4.69, 9.17) is 4.84 Å². The average Bonchev–Trinajstić information content (AvgIpc) is 2.23. The summed E-state index contributed by atoms with van der Waals surface area (Å²) < 4.78 is 38.9. The molecule has 0 aliphatic rings. The summed E-state index contributed by atoms with van der Waals surface area (Å²) >= 11 is 0. The van der Waals surface area contributed by atoms with Gasteiger partial charge in [0.05, 0.1) is 11.3 Å². The molecular formula is C13H16F3NO. The molecule has 0 aliphatic carbocycles. The molecule has 5 heteroatoms. The molecule has 0 bridgehead atoms. The third kappa shape index (κ3) is 3.48. The second kappa shape index (κ2) is 5.42. The van der Waals surface area contributed by atoms with Crippen LogP contribution in [0.2, 0.25) is 0 Å². The van der Waals surface area contributed by atoms with Gasteiger partial charge in [-0.2, -0.15) is 13.2 Å². The van der Waals surface area contributed by atoms with Gasteiger partial charge >= 0.3 is 6.18 Å². The van der Waals surface area contributed by atoms with Gasteiger partial charge in [0.25, 0.3) is 0 Å². The zero-order valence-corrected chi connectivity index (χ0v) is 10.8. The molecule has 0 N–H and O–H groups in total. The first kappa shape index (κ1) is 14.5. The Hall–Kier alpha value is -1.52. The van der Waals surface area contributed by atoms with E-state index in [9.17, 15) is 13.2 Å². The zero-order chi connectivity index (χ0) is 13.9. The van der Waals surface area contributed by atoms with Crippen LogP contribution in [0.4, 0.5) is 13.2 Å². The van der Waals surface area contributed by atoms with Gasteiger partial charge in [0.1, 0.15) is 6.10 Å². The molecule has 0 atom stereocenters. The van der Waals surface area contributed by atoms with Crippen molar-refractivity contribution in [2.24, 2.45) is 5.16 Å². The van der Waals surface area contributed by atoms with Crippen LogP contribution in [0.25, 0.3) is 0 Å². The first-order valence-corrected chi connectivity index (χ1v) is 5.61. The number of aryl methyl sites for hydroxylation is 1. The smallest absolute Gasteiger partial charge is 0.393 e. The first-order valence-electron chi connectivity index (χ1n) is 5.61. The molecule has 1 rings (SSSR count). The molecule has 0 heterocycles. The minimum Gasteiger partial charge on any atom is -0.393 e. The number of oxime groups is 1. The van der Waals surface area contributed by atoms with Crippen molar-refractivity contribution in [3.8, 4) is 0 Å². The molecule has 0 amide bonds. The van der Waals surface area contributed by atoms with Crippen molar-refractivity contribution in [2.75, 3.05) is 0 Å². The normalized spacial score (nSPS) is 13.0. The molecule has 2 nitrogen and oxygen atoms in total. The minimum atomic E-state index is -4.39. The van der Waals surface area contributed by atoms with E-state index < -0.39 is 11.7 Å². The highest BCUT2D eigenvalue weighted by Gasteiger charge is 2.35. The summed E-state index contributed by atoms with van der Waals surface area (Å²) in [6, 6.07) is 4.41. The number of benzene rings is 1. The molecule has 18 heavy (non-hydrogen) atoms. The second-order valence-electron chi connectivity index (χ2n) is 4.33. The zero-order valence-electron chi connectivity index (χ0n) is 10.8. The lowest BCUT2D eigenvalue weighted by atomic mass is 9.98. The van der Waals surface area contributed by atoms with E-state index in [1.807, 2.05) is 0 Å².